The first-order valence-electron chi connectivity index (χ1n) is 5.66. The third kappa shape index (κ3) is 3.61. The zero-order valence-corrected chi connectivity index (χ0v) is 10.5. The molecule has 1 amide bonds. The number of carbonyl (C=O) groups is 1. The minimum Gasteiger partial charge on any atom is -0.495 e. The Balaban J connectivity index is 1.88. The molecule has 0 radical (unpaired) electrons. The summed E-state index contributed by atoms with van der Waals surface area (Å²) in [5.41, 5.74) is 0.699. The summed E-state index contributed by atoms with van der Waals surface area (Å²) in [6, 6.07) is 5.86. The number of nitrogens with two attached hydrogens (primary N) is 1. The van der Waals surface area contributed by atoms with Crippen LogP contribution < -0.4 is 15.4 Å². The first kappa shape index (κ1) is 12.2. The van der Waals surface area contributed by atoms with E-state index in [0.29, 0.717) is 29.0 Å². The molecule has 3 N–H and O–H groups in total. The molecule has 1 aliphatic rings. The van der Waals surface area contributed by atoms with Crippen LogP contribution in [0.25, 0.3) is 0 Å². The van der Waals surface area contributed by atoms with E-state index in [-0.39, 0.29) is 5.91 Å². The smallest absolute Gasteiger partial charge is 0.279 e. The number of quaternary nitrogens is 1. The van der Waals surface area contributed by atoms with Gasteiger partial charge in [0.1, 0.15) is 5.75 Å². The van der Waals surface area contributed by atoms with E-state index in [2.05, 4.69) is 10.6 Å². The van der Waals surface area contributed by atoms with Gasteiger partial charge in [-0.05, 0) is 18.2 Å². The van der Waals surface area contributed by atoms with Crippen molar-refractivity contribution in [1.29, 1.82) is 0 Å². The molecule has 0 bridgehead atoms. The second-order valence-electron chi connectivity index (χ2n) is 4.17. The molecular weight excluding hydrogens is 240 g/mol. The van der Waals surface area contributed by atoms with Crippen molar-refractivity contribution in [3.8, 4) is 5.75 Å². The minimum absolute atomic E-state index is 0.00173. The lowest BCUT2D eigenvalue weighted by molar-refractivity contribution is -0.657. The molecule has 1 aliphatic carbocycles. The van der Waals surface area contributed by atoms with E-state index in [0.717, 1.165) is 0 Å². The summed E-state index contributed by atoms with van der Waals surface area (Å²) < 4.78 is 5.04. The van der Waals surface area contributed by atoms with Gasteiger partial charge in [-0.15, -0.1) is 0 Å². The fourth-order valence-corrected chi connectivity index (χ4v) is 1.82. The number of nitrogens with one attached hydrogen (secondary N) is 1. The Hall–Kier alpha value is -1.26. The number of anilines is 1. The molecule has 0 aliphatic heterocycles. The molecule has 17 heavy (non-hydrogen) atoms. The van der Waals surface area contributed by atoms with Gasteiger partial charge in [0.15, 0.2) is 6.54 Å². The Labute approximate surface area is 105 Å². The predicted molar refractivity (Wildman–Crippen MR) is 66.4 cm³/mol. The molecule has 1 saturated carbocycles. The van der Waals surface area contributed by atoms with E-state index in [4.69, 9.17) is 16.3 Å². The first-order chi connectivity index (χ1) is 8.19. The summed E-state index contributed by atoms with van der Waals surface area (Å²) in [7, 11) is 1.56. The van der Waals surface area contributed by atoms with Crippen molar-refractivity contribution in [2.24, 2.45) is 0 Å². The minimum atomic E-state index is -0.00173. The molecule has 2 rings (SSSR count). The second-order valence-corrected chi connectivity index (χ2v) is 4.58. The zero-order chi connectivity index (χ0) is 12.3. The number of methoxy groups -OCH3 is 1. The number of benzene rings is 1. The first-order valence-corrected chi connectivity index (χ1v) is 6.03. The molecular formula is C12H16ClN2O2+. The molecule has 92 valence electrons. The Morgan fingerprint density at radius 3 is 2.94 bits per heavy atom. The second kappa shape index (κ2) is 5.38. The van der Waals surface area contributed by atoms with E-state index >= 15 is 0 Å². The lowest BCUT2D eigenvalue weighted by Gasteiger charge is -2.07. The van der Waals surface area contributed by atoms with Crippen molar-refractivity contribution in [2.45, 2.75) is 18.9 Å². The Kier molecular flexibility index (Phi) is 3.86. The number of ether oxygens (including phenoxy) is 1. The molecule has 0 atom stereocenters. The maximum Gasteiger partial charge on any atom is 0.279 e. The third-order valence-electron chi connectivity index (χ3n) is 2.69. The monoisotopic (exact) mass is 255 g/mol. The summed E-state index contributed by atoms with van der Waals surface area (Å²) >= 11 is 5.97. The van der Waals surface area contributed by atoms with Crippen LogP contribution in [-0.4, -0.2) is 25.6 Å². The Morgan fingerprint density at radius 1 is 1.59 bits per heavy atom. The molecule has 0 heterocycles. The summed E-state index contributed by atoms with van der Waals surface area (Å²) in [5, 5.41) is 5.37. The van der Waals surface area contributed by atoms with Crippen LogP contribution in [0.2, 0.25) is 5.02 Å². The van der Waals surface area contributed by atoms with Crippen molar-refractivity contribution < 1.29 is 14.8 Å². The van der Waals surface area contributed by atoms with Gasteiger partial charge in [-0.2, -0.15) is 0 Å². The van der Waals surface area contributed by atoms with Gasteiger partial charge in [0.25, 0.3) is 5.91 Å². The highest BCUT2D eigenvalue weighted by Crippen LogP contribution is 2.27. The maximum atomic E-state index is 11.6. The van der Waals surface area contributed by atoms with E-state index in [1.165, 1.54) is 12.8 Å². The summed E-state index contributed by atoms with van der Waals surface area (Å²) in [6.45, 7) is 0.467. The average Bonchev–Trinajstić information content (AvgIpc) is 3.10. The standard InChI is InChI=1S/C12H15ClN2O2/c1-17-11-5-4-9(6-10(11)13)15-12(16)7-14-8-2-3-8/h4-6,8,14H,2-3,7H2,1H3,(H,15,16)/p+1. The highest BCUT2D eigenvalue weighted by molar-refractivity contribution is 6.32. The van der Waals surface area contributed by atoms with Gasteiger partial charge < -0.3 is 15.4 Å². The van der Waals surface area contributed by atoms with Gasteiger partial charge in [-0.1, -0.05) is 11.6 Å². The maximum absolute atomic E-state index is 11.6. The van der Waals surface area contributed by atoms with Crippen LogP contribution in [0.15, 0.2) is 18.2 Å². The SMILES string of the molecule is COc1ccc(NC(=O)C[NH2+]C2CC2)cc1Cl. The van der Waals surface area contributed by atoms with Crippen LogP contribution in [0.4, 0.5) is 5.69 Å². The van der Waals surface area contributed by atoms with Gasteiger partial charge in [0, 0.05) is 18.5 Å². The Bertz CT molecular complexity index is 419. The highest BCUT2D eigenvalue weighted by Gasteiger charge is 2.25. The molecule has 4 nitrogen and oxygen atoms in total. The van der Waals surface area contributed by atoms with Crippen molar-refractivity contribution >= 4 is 23.2 Å². The number of halogens is 1. The summed E-state index contributed by atoms with van der Waals surface area (Å²) in [4.78, 5) is 11.6. The fraction of sp³-hybridized carbons (Fsp3) is 0.417. The van der Waals surface area contributed by atoms with Gasteiger partial charge in [-0.3, -0.25) is 4.79 Å². The predicted octanol–water partition coefficient (Wildman–Crippen LogP) is 1.01. The highest BCUT2D eigenvalue weighted by atomic mass is 35.5. The van der Waals surface area contributed by atoms with Gasteiger partial charge in [0.05, 0.1) is 18.2 Å². The van der Waals surface area contributed by atoms with Crippen molar-refractivity contribution in [3.05, 3.63) is 23.2 Å². The molecule has 0 spiro atoms. The topological polar surface area (TPSA) is 54.9 Å². The molecule has 1 fully saturated rings. The Morgan fingerprint density at radius 2 is 2.35 bits per heavy atom. The number of amides is 1. The van der Waals surface area contributed by atoms with E-state index < -0.39 is 0 Å². The number of rotatable bonds is 5. The van der Waals surface area contributed by atoms with Crippen molar-refractivity contribution in [1.82, 2.24) is 0 Å². The molecule has 0 aromatic heterocycles. The van der Waals surface area contributed by atoms with Crippen LogP contribution in [0, 0.1) is 0 Å². The largest absolute Gasteiger partial charge is 0.495 e. The molecule has 0 saturated heterocycles. The zero-order valence-electron chi connectivity index (χ0n) is 9.70. The van der Waals surface area contributed by atoms with Gasteiger partial charge in [0.2, 0.25) is 0 Å². The fourth-order valence-electron chi connectivity index (χ4n) is 1.56. The molecule has 1 aromatic carbocycles. The summed E-state index contributed by atoms with van der Waals surface area (Å²) in [6.07, 6.45) is 2.45. The quantitative estimate of drug-likeness (QED) is 0.825. The van der Waals surface area contributed by atoms with Crippen LogP contribution >= 0.6 is 11.6 Å². The third-order valence-corrected chi connectivity index (χ3v) is 2.99. The van der Waals surface area contributed by atoms with E-state index in [1.54, 1.807) is 25.3 Å². The van der Waals surface area contributed by atoms with Crippen molar-refractivity contribution in [2.75, 3.05) is 19.0 Å². The average molecular weight is 256 g/mol. The molecule has 0 unspecified atom stereocenters. The van der Waals surface area contributed by atoms with E-state index in [9.17, 15) is 4.79 Å². The van der Waals surface area contributed by atoms with Crippen LogP contribution in [-0.2, 0) is 4.79 Å². The van der Waals surface area contributed by atoms with Gasteiger partial charge in [-0.25, -0.2) is 0 Å². The number of hydrogen-bond donors (Lipinski definition) is 2. The molecule has 1 aromatic rings. The number of hydrogen-bond acceptors (Lipinski definition) is 2. The normalized spacial score (nSPS) is 14.5. The number of carbonyl (C=O) groups excluding carboxylic acids is 1. The lowest BCUT2D eigenvalue weighted by Crippen LogP contribution is -2.87. The summed E-state index contributed by atoms with van der Waals surface area (Å²) in [5.74, 6) is 0.604. The van der Waals surface area contributed by atoms with Crippen LogP contribution in [0.3, 0.4) is 0 Å². The van der Waals surface area contributed by atoms with Crippen molar-refractivity contribution in [3.63, 3.8) is 0 Å². The van der Waals surface area contributed by atoms with Gasteiger partial charge >= 0.3 is 0 Å². The molecule has 5 heteroatoms. The lowest BCUT2D eigenvalue weighted by atomic mass is 10.3. The van der Waals surface area contributed by atoms with E-state index in [1.807, 2.05) is 0 Å². The van der Waals surface area contributed by atoms with Crippen LogP contribution in [0.1, 0.15) is 12.8 Å². The van der Waals surface area contributed by atoms with Crippen LogP contribution in [0.5, 0.6) is 5.75 Å².